The molecule has 0 unspecified atom stereocenters. The molecule has 0 amide bonds. The summed E-state index contributed by atoms with van der Waals surface area (Å²) in [4.78, 5) is 24.9. The maximum atomic E-state index is 13.7. The van der Waals surface area contributed by atoms with Gasteiger partial charge >= 0.3 is 16.1 Å². The van der Waals surface area contributed by atoms with Crippen LogP contribution in [0.15, 0.2) is 39.0 Å². The Bertz CT molecular complexity index is 2840. The zero-order valence-corrected chi connectivity index (χ0v) is 37.2. The first-order valence-corrected chi connectivity index (χ1v) is 22.3. The van der Waals surface area contributed by atoms with Gasteiger partial charge in [-0.25, -0.2) is 9.37 Å². The average molecular weight is 899 g/mol. The maximum Gasteiger partial charge on any atom is 0.337 e. The Morgan fingerprint density at radius 1 is 0.860 bits per heavy atom. The molecule has 0 spiro atoms. The second-order valence-electron chi connectivity index (χ2n) is 16.4. The van der Waals surface area contributed by atoms with Crippen LogP contribution in [0, 0.1) is 5.41 Å². The smallest absolute Gasteiger partial charge is 0.337 e. The molecule has 0 aromatic heterocycles. The summed E-state index contributed by atoms with van der Waals surface area (Å²) >= 11 is 21.6. The van der Waals surface area contributed by atoms with Crippen LogP contribution < -0.4 is 25.2 Å². The second kappa shape index (κ2) is 13.8. The van der Waals surface area contributed by atoms with E-state index < -0.39 is 74.6 Å². The van der Waals surface area contributed by atoms with Crippen LogP contribution in [0.5, 0.6) is 11.5 Å². The van der Waals surface area contributed by atoms with Gasteiger partial charge in [0.2, 0.25) is 10.3 Å². The Hall–Kier alpha value is -3.41. The Balaban J connectivity index is 1.97. The number of ether oxygens (including phenoxy) is 1. The van der Waals surface area contributed by atoms with E-state index in [1.165, 1.54) is 12.1 Å². The van der Waals surface area contributed by atoms with Gasteiger partial charge in [0, 0.05) is 51.6 Å². The molecular formula is C39H40Cl3N2O10S3+. The highest BCUT2D eigenvalue weighted by Gasteiger charge is 2.43. The van der Waals surface area contributed by atoms with Gasteiger partial charge < -0.3 is 15.2 Å². The van der Waals surface area contributed by atoms with Crippen molar-refractivity contribution in [1.82, 2.24) is 4.58 Å². The molecule has 3 heterocycles. The Labute approximate surface area is 349 Å². The number of carbonyl (C=O) groups excluding carboxylic acids is 1. The topological polar surface area (TPSA) is 187 Å². The summed E-state index contributed by atoms with van der Waals surface area (Å²) in [6.45, 7) is 15.7. The van der Waals surface area contributed by atoms with E-state index in [0.29, 0.717) is 16.7 Å². The number of anilines is 1. The molecule has 304 valence electrons. The molecule has 0 radical (unpaired) electrons. The minimum atomic E-state index is -5.27. The van der Waals surface area contributed by atoms with Gasteiger partial charge in [-0.05, 0) is 57.0 Å². The number of hydrogen-bond acceptors (Lipinski definition) is 9. The monoisotopic (exact) mass is 897 g/mol. The Kier molecular flexibility index (Phi) is 10.5. The average Bonchev–Trinajstić information content (AvgIpc) is 3.04. The van der Waals surface area contributed by atoms with Gasteiger partial charge in [0.05, 0.1) is 43.2 Å². The summed E-state index contributed by atoms with van der Waals surface area (Å²) in [7, 11) is -8.92. The normalized spacial score (nSPS) is 17.0. The second-order valence-corrected chi connectivity index (χ2v) is 21.2. The van der Waals surface area contributed by atoms with Gasteiger partial charge in [0.25, 0.3) is 10.1 Å². The number of carboxylic acids is 1. The number of likely N-dealkylation sites (N-methyl/N-ethyl adjacent to an activating group) is 1. The molecule has 3 aliphatic rings. The van der Waals surface area contributed by atoms with Crippen molar-refractivity contribution >= 4 is 101 Å². The molecule has 0 saturated carbocycles. The lowest BCUT2D eigenvalue weighted by Crippen LogP contribution is -2.49. The SMILES string of the molecule is CC1=CC(C)(C)Nc2c1cc1c(c2S(=O)(=O)O)Oc2c(S(=O)(=O)O)c3c(cc2=C1c1c(Cl)c(SCC(=O)C(C)(C)C)c(Cl)c(Cl)c1C(=O)O)C(C)=CC(C)(C)[N+]=3C. The van der Waals surface area contributed by atoms with Gasteiger partial charge in [-0.2, -0.15) is 16.8 Å². The van der Waals surface area contributed by atoms with Crippen molar-refractivity contribution in [3.05, 3.63) is 77.7 Å². The number of carbonyl (C=O) groups is 2. The summed E-state index contributed by atoms with van der Waals surface area (Å²) in [6, 6.07) is 3.04. The molecule has 6 rings (SSSR count). The van der Waals surface area contributed by atoms with E-state index in [1.807, 2.05) is 26.0 Å². The number of ketones is 1. The number of Topliss-reactive ketones (excluding diaryl/α,β-unsaturated/α-hetero) is 1. The number of allylic oxidation sites excluding steroid dienone is 2. The summed E-state index contributed by atoms with van der Waals surface area (Å²) in [5.74, 6) is -3.15. The third-order valence-electron chi connectivity index (χ3n) is 10.3. The third-order valence-corrected chi connectivity index (χ3v) is 14.6. The fourth-order valence-electron chi connectivity index (χ4n) is 7.44. The quantitative estimate of drug-likeness (QED) is 0.0611. The van der Waals surface area contributed by atoms with Gasteiger partial charge in [0.1, 0.15) is 12.8 Å². The molecule has 3 aliphatic heterocycles. The molecule has 3 aromatic rings. The number of nitrogens with zero attached hydrogens (tertiary/aromatic N) is 1. The van der Waals surface area contributed by atoms with Gasteiger partial charge in [-0.1, -0.05) is 61.7 Å². The lowest BCUT2D eigenvalue weighted by atomic mass is 9.84. The zero-order chi connectivity index (χ0) is 42.9. The molecule has 0 bridgehead atoms. The number of thioether (sulfide) groups is 1. The zero-order valence-electron chi connectivity index (χ0n) is 32.5. The standard InChI is InChI=1S/C39H39Cl3N2O10S3/c1-16-13-38(6,7)43-29-18(16)11-20-23(24-25(36(46)47)26(40)28(42)33(27(24)41)55-15-22(45)37(3,4)5)21-12-19-17(2)14-39(8,9)44(10)30(19)35(57(51,52)53)32(21)54-31(20)34(29)56(48,49)50/h11-14H,15H2,1-10H3,(H3,46,47,48,49,50,51,52,53)/p+1. The molecular weight excluding hydrogens is 859 g/mol. The highest BCUT2D eigenvalue weighted by Crippen LogP contribution is 2.53. The van der Waals surface area contributed by atoms with Crippen molar-refractivity contribution in [1.29, 1.82) is 0 Å². The number of nitrogens with one attached hydrogen (secondary N) is 1. The highest BCUT2D eigenvalue weighted by atomic mass is 35.5. The molecule has 0 fully saturated rings. The number of fused-ring (bicyclic) bond motifs is 4. The molecule has 12 nitrogen and oxygen atoms in total. The molecule has 0 saturated heterocycles. The molecule has 0 atom stereocenters. The van der Waals surface area contributed by atoms with E-state index in [9.17, 15) is 40.6 Å². The lowest BCUT2D eigenvalue weighted by Gasteiger charge is -2.35. The minimum Gasteiger partial charge on any atom is -0.478 e. The number of carboxylic acid groups (broad SMARTS) is 1. The van der Waals surface area contributed by atoms with Gasteiger partial charge in [-0.15, -0.1) is 11.8 Å². The van der Waals surface area contributed by atoms with Crippen molar-refractivity contribution < 1.29 is 45.4 Å². The Morgan fingerprint density at radius 2 is 1.44 bits per heavy atom. The third kappa shape index (κ3) is 7.21. The van der Waals surface area contributed by atoms with Crippen molar-refractivity contribution in [3.63, 3.8) is 0 Å². The van der Waals surface area contributed by atoms with Crippen molar-refractivity contribution in [2.24, 2.45) is 5.41 Å². The fraction of sp³-hybridized carbons (Fsp3) is 0.359. The van der Waals surface area contributed by atoms with E-state index in [4.69, 9.17) is 39.5 Å². The van der Waals surface area contributed by atoms with Crippen LogP contribution in [0.2, 0.25) is 15.1 Å². The van der Waals surface area contributed by atoms with Crippen molar-refractivity contribution in [2.45, 2.75) is 88.1 Å². The molecule has 4 N–H and O–H groups in total. The van der Waals surface area contributed by atoms with E-state index in [0.717, 1.165) is 11.8 Å². The number of hydrogen-bond donors (Lipinski definition) is 4. The first-order chi connectivity index (χ1) is 25.9. The van der Waals surface area contributed by atoms with Crippen molar-refractivity contribution in [2.75, 3.05) is 18.1 Å². The van der Waals surface area contributed by atoms with E-state index in [1.54, 1.807) is 60.1 Å². The minimum absolute atomic E-state index is 0.00378. The first kappa shape index (κ1) is 43.2. The van der Waals surface area contributed by atoms with Crippen LogP contribution in [0.4, 0.5) is 5.69 Å². The summed E-state index contributed by atoms with van der Waals surface area (Å²) in [5.41, 5.74) is -2.07. The molecule has 57 heavy (non-hydrogen) atoms. The maximum absolute atomic E-state index is 13.7. The Morgan fingerprint density at radius 3 is 1.98 bits per heavy atom. The predicted octanol–water partition coefficient (Wildman–Crippen LogP) is 7.82. The van der Waals surface area contributed by atoms with Crippen LogP contribution in [-0.4, -0.2) is 66.7 Å². The van der Waals surface area contributed by atoms with Gasteiger partial charge in [-0.3, -0.25) is 13.9 Å². The van der Waals surface area contributed by atoms with Crippen LogP contribution in [0.3, 0.4) is 0 Å². The highest BCUT2D eigenvalue weighted by molar-refractivity contribution is 8.00. The van der Waals surface area contributed by atoms with E-state index in [2.05, 4.69) is 5.32 Å². The largest absolute Gasteiger partial charge is 0.478 e. The van der Waals surface area contributed by atoms with Crippen LogP contribution in [0.1, 0.15) is 94.9 Å². The molecule has 18 heteroatoms. The lowest BCUT2D eigenvalue weighted by molar-refractivity contribution is -0.123. The number of benzene rings is 3. The number of rotatable bonds is 7. The summed E-state index contributed by atoms with van der Waals surface area (Å²) in [5, 5.41) is 12.7. The number of halogens is 3. The molecule has 0 aliphatic carbocycles. The van der Waals surface area contributed by atoms with Crippen molar-refractivity contribution in [3.8, 4) is 11.5 Å². The van der Waals surface area contributed by atoms with E-state index in [-0.39, 0.29) is 65.0 Å². The van der Waals surface area contributed by atoms with Gasteiger partial charge in [0.15, 0.2) is 21.9 Å². The summed E-state index contributed by atoms with van der Waals surface area (Å²) in [6.07, 6.45) is 3.69. The van der Waals surface area contributed by atoms with E-state index >= 15 is 0 Å². The first-order valence-electron chi connectivity index (χ1n) is 17.3. The molecule has 3 aromatic carbocycles. The van der Waals surface area contributed by atoms with Crippen LogP contribution >= 0.6 is 46.6 Å². The summed E-state index contributed by atoms with van der Waals surface area (Å²) < 4.78 is 84.6. The number of aromatic carboxylic acids is 1. The van der Waals surface area contributed by atoms with Crippen LogP contribution in [0.25, 0.3) is 16.7 Å². The van der Waals surface area contributed by atoms with Crippen LogP contribution in [-0.2, 0) is 25.0 Å². The predicted molar refractivity (Wildman–Crippen MR) is 223 cm³/mol. The fourth-order valence-corrected chi connectivity index (χ4v) is 11.5.